The summed E-state index contributed by atoms with van der Waals surface area (Å²) in [6.07, 6.45) is 14.6. The second-order valence-electron chi connectivity index (χ2n) is 14.1. The lowest BCUT2D eigenvalue weighted by atomic mass is 9.84. The molecule has 0 spiro atoms. The lowest BCUT2D eigenvalue weighted by molar-refractivity contribution is -0.138. The van der Waals surface area contributed by atoms with Gasteiger partial charge in [0.25, 0.3) is 0 Å². The predicted molar refractivity (Wildman–Crippen MR) is 179 cm³/mol. The number of hydrogen-bond acceptors (Lipinski definition) is 7. The van der Waals surface area contributed by atoms with Gasteiger partial charge < -0.3 is 19.4 Å². The molecule has 1 aromatic carbocycles. The highest BCUT2D eigenvalue weighted by Crippen LogP contribution is 2.36. The summed E-state index contributed by atoms with van der Waals surface area (Å²) in [6.45, 7) is 4.92. The Kier molecular flexibility index (Phi) is 15.8. The van der Waals surface area contributed by atoms with Crippen molar-refractivity contribution in [2.75, 3.05) is 6.61 Å². The van der Waals surface area contributed by atoms with Gasteiger partial charge in [-0.05, 0) is 89.0 Å². The van der Waals surface area contributed by atoms with Crippen molar-refractivity contribution in [1.29, 1.82) is 0 Å². The van der Waals surface area contributed by atoms with Crippen LogP contribution in [0.2, 0.25) is 0 Å². The number of ether oxygens (including phenoxy) is 1. The number of hydrogen-bond donors (Lipinski definition) is 1. The number of aliphatic carboxylic acids is 1. The van der Waals surface area contributed by atoms with Crippen LogP contribution in [0.15, 0.2) is 30.3 Å². The van der Waals surface area contributed by atoms with Gasteiger partial charge in [0, 0.05) is 31.1 Å². The van der Waals surface area contributed by atoms with Gasteiger partial charge in [-0.1, -0.05) is 68.9 Å². The van der Waals surface area contributed by atoms with E-state index in [2.05, 4.69) is 0 Å². The molecule has 4 aliphatic rings. The maximum Gasteiger partial charge on any atom is 0.416 e. The molecule has 2 amide bonds. The Morgan fingerprint density at radius 2 is 1.26 bits per heavy atom. The number of benzene rings is 1. The molecule has 47 heavy (non-hydrogen) atoms. The average Bonchev–Trinajstić information content (AvgIpc) is 3.85. The molecule has 3 aliphatic carbocycles. The topological polar surface area (TPSA) is 135 Å². The summed E-state index contributed by atoms with van der Waals surface area (Å²) < 4.78 is 5.17. The Hall–Kier alpha value is -3.36. The number of carbonyl (C=O) groups excluding carboxylic acids is 5. The smallest absolute Gasteiger partial charge is 0.416 e. The van der Waals surface area contributed by atoms with E-state index in [0.29, 0.717) is 31.1 Å². The summed E-state index contributed by atoms with van der Waals surface area (Å²) >= 11 is 0. The van der Waals surface area contributed by atoms with Gasteiger partial charge in [-0.3, -0.25) is 14.4 Å². The fourth-order valence-electron chi connectivity index (χ4n) is 7.84. The highest BCUT2D eigenvalue weighted by atomic mass is 16.6. The van der Waals surface area contributed by atoms with E-state index in [1.165, 1.54) is 37.5 Å². The number of cyclic esters (lactones) is 1. The number of carboxylic acids is 1. The van der Waals surface area contributed by atoms with Crippen LogP contribution in [0.5, 0.6) is 0 Å². The minimum atomic E-state index is -0.637. The Bertz CT molecular complexity index is 1200. The van der Waals surface area contributed by atoms with Crippen LogP contribution in [-0.4, -0.2) is 58.0 Å². The van der Waals surface area contributed by atoms with Gasteiger partial charge in [0.1, 0.15) is 24.0 Å². The lowest BCUT2D eigenvalue weighted by Crippen LogP contribution is -2.45. The summed E-state index contributed by atoms with van der Waals surface area (Å²) in [7, 11) is 0. The number of Topliss-reactive ketones (excluding diaryl/α,β-unsaturated/α-hetero) is 3. The Labute approximate surface area is 280 Å². The first-order chi connectivity index (χ1) is 22.5. The molecular formula is C38H55NO8. The second-order valence-corrected chi connectivity index (χ2v) is 14.1. The van der Waals surface area contributed by atoms with Crippen molar-refractivity contribution >= 4 is 35.3 Å². The van der Waals surface area contributed by atoms with Crippen LogP contribution in [-0.2, 0) is 35.1 Å². The highest BCUT2D eigenvalue weighted by molar-refractivity contribution is 5.96. The van der Waals surface area contributed by atoms with Gasteiger partial charge in [-0.25, -0.2) is 9.69 Å². The largest absolute Gasteiger partial charge is 0.481 e. The molecule has 0 radical (unpaired) electrons. The van der Waals surface area contributed by atoms with Gasteiger partial charge in [0.2, 0.25) is 5.91 Å². The predicted octanol–water partition coefficient (Wildman–Crippen LogP) is 7.37. The number of carbonyl (C=O) groups is 6. The van der Waals surface area contributed by atoms with Crippen molar-refractivity contribution in [3.05, 3.63) is 35.9 Å². The maximum absolute atomic E-state index is 13.2. The van der Waals surface area contributed by atoms with Gasteiger partial charge in [-0.15, -0.1) is 0 Å². The summed E-state index contributed by atoms with van der Waals surface area (Å²) in [5.41, 5.74) is 1.06. The van der Waals surface area contributed by atoms with Gasteiger partial charge >= 0.3 is 12.1 Å². The van der Waals surface area contributed by atoms with Crippen LogP contribution in [0.1, 0.15) is 123 Å². The van der Waals surface area contributed by atoms with E-state index >= 15 is 0 Å². The third kappa shape index (κ3) is 12.6. The molecule has 1 aliphatic heterocycles. The summed E-state index contributed by atoms with van der Waals surface area (Å²) in [5, 5.41) is 8.37. The second kappa shape index (κ2) is 19.5. The van der Waals surface area contributed by atoms with E-state index in [1.807, 2.05) is 30.3 Å². The monoisotopic (exact) mass is 653 g/mol. The third-order valence-corrected chi connectivity index (χ3v) is 10.2. The van der Waals surface area contributed by atoms with E-state index in [1.54, 1.807) is 13.8 Å². The molecule has 260 valence electrons. The van der Waals surface area contributed by atoms with Gasteiger partial charge in [0.05, 0.1) is 6.04 Å². The Morgan fingerprint density at radius 3 is 1.74 bits per heavy atom. The molecule has 5 rings (SSSR count). The summed E-state index contributed by atoms with van der Waals surface area (Å²) in [5.74, 6) is 0.258. The number of imide groups is 1. The van der Waals surface area contributed by atoms with E-state index in [0.717, 1.165) is 56.9 Å². The summed E-state index contributed by atoms with van der Waals surface area (Å²) in [6, 6.07) is 9.49. The third-order valence-electron chi connectivity index (χ3n) is 10.2. The first-order valence-corrected chi connectivity index (χ1v) is 17.7. The maximum atomic E-state index is 13.2. The van der Waals surface area contributed by atoms with Crippen LogP contribution in [0, 0.1) is 29.6 Å². The summed E-state index contributed by atoms with van der Waals surface area (Å²) in [4.78, 5) is 70.8. The molecule has 0 bridgehead atoms. The van der Waals surface area contributed by atoms with E-state index in [-0.39, 0.29) is 54.2 Å². The molecular weight excluding hydrogens is 598 g/mol. The van der Waals surface area contributed by atoms with E-state index in [9.17, 15) is 28.8 Å². The zero-order valence-electron chi connectivity index (χ0n) is 28.6. The normalized spacial score (nSPS) is 21.2. The molecule has 1 saturated heterocycles. The van der Waals surface area contributed by atoms with Crippen LogP contribution in [0.25, 0.3) is 0 Å². The van der Waals surface area contributed by atoms with E-state index in [4.69, 9.17) is 9.84 Å². The molecule has 4 fully saturated rings. The molecule has 9 heteroatoms. The van der Waals surface area contributed by atoms with Crippen molar-refractivity contribution in [2.45, 2.75) is 130 Å². The minimum Gasteiger partial charge on any atom is -0.481 e. The molecule has 0 unspecified atom stereocenters. The van der Waals surface area contributed by atoms with Crippen molar-refractivity contribution < 1.29 is 38.6 Å². The van der Waals surface area contributed by atoms with Gasteiger partial charge in [0.15, 0.2) is 0 Å². The first kappa shape index (κ1) is 38.1. The van der Waals surface area contributed by atoms with Crippen LogP contribution in [0.3, 0.4) is 0 Å². The molecule has 3 atom stereocenters. The molecule has 9 nitrogen and oxygen atoms in total. The Balaban J connectivity index is 0.000000226. The fraction of sp³-hybridized carbons (Fsp3) is 0.684. The van der Waals surface area contributed by atoms with Crippen molar-refractivity contribution in [3.8, 4) is 0 Å². The molecule has 1 aromatic rings. The van der Waals surface area contributed by atoms with Crippen molar-refractivity contribution in [1.82, 2.24) is 4.90 Å². The SMILES string of the molecule is CC(=O)C[C@@H](C(=O)N1C(=O)OC[C@H]1Cc1ccccc1)C1CCCC1.CC(=O)C[C@@H](C(C)=O)C1CCCC1.O=C(O)CC1CCCC1. The number of amides is 2. The highest BCUT2D eigenvalue weighted by Gasteiger charge is 2.43. The number of rotatable bonds is 12. The number of nitrogens with zero attached hydrogens (tertiary/aromatic N) is 1. The fourth-order valence-corrected chi connectivity index (χ4v) is 7.84. The Morgan fingerprint density at radius 1 is 0.766 bits per heavy atom. The zero-order valence-corrected chi connectivity index (χ0v) is 28.6. The first-order valence-electron chi connectivity index (χ1n) is 17.7. The van der Waals surface area contributed by atoms with Crippen LogP contribution < -0.4 is 0 Å². The number of ketones is 3. The molecule has 3 saturated carbocycles. The average molecular weight is 654 g/mol. The van der Waals surface area contributed by atoms with Gasteiger partial charge in [-0.2, -0.15) is 0 Å². The minimum absolute atomic E-state index is 0.00239. The zero-order chi connectivity index (χ0) is 34.3. The lowest BCUT2D eigenvalue weighted by Gasteiger charge is -2.28. The van der Waals surface area contributed by atoms with E-state index < -0.39 is 18.0 Å². The van der Waals surface area contributed by atoms with Crippen molar-refractivity contribution in [3.63, 3.8) is 0 Å². The molecule has 1 N–H and O–H groups in total. The van der Waals surface area contributed by atoms with Crippen LogP contribution in [0.4, 0.5) is 4.79 Å². The standard InChI is InChI=1S/C20H25NO4.C11H18O2.C7H12O2/c1-14(22)11-18(16-9-5-6-10-16)19(23)21-17(13-25-20(21)24)12-15-7-3-2-4-8-15;1-8(12)7-11(9(2)13)10-5-3-4-6-10;8-7(9)5-6-3-1-2-4-6/h2-4,7-8,16-18H,5-6,9-13H2,1H3;10-11H,3-7H2,1-2H3;6H,1-5H2,(H,8,9)/t17-,18-;11-;/m10./s1. The number of carboxylic acid groups (broad SMARTS) is 1. The molecule has 0 aromatic heterocycles. The van der Waals surface area contributed by atoms with Crippen molar-refractivity contribution in [2.24, 2.45) is 29.6 Å². The molecule has 1 heterocycles. The quantitative estimate of drug-likeness (QED) is 0.247. The van der Waals surface area contributed by atoms with Crippen LogP contribution >= 0.6 is 0 Å².